The second-order valence-corrected chi connectivity index (χ2v) is 5.39. The van der Waals surface area contributed by atoms with Crippen molar-refractivity contribution in [3.05, 3.63) is 12.2 Å². The zero-order valence-electron chi connectivity index (χ0n) is 11.3. The molecular weight excluding hydrogens is 230 g/mol. The van der Waals surface area contributed by atoms with Gasteiger partial charge in [0.2, 0.25) is 0 Å². The Morgan fingerprint density at radius 1 is 1.56 bits per heavy atom. The third-order valence-corrected chi connectivity index (χ3v) is 3.19. The van der Waals surface area contributed by atoms with Gasteiger partial charge in [-0.3, -0.25) is 4.79 Å². The number of methoxy groups -OCH3 is 1. The molecule has 0 amide bonds. The van der Waals surface area contributed by atoms with Gasteiger partial charge in [-0.1, -0.05) is 13.8 Å². The van der Waals surface area contributed by atoms with E-state index in [1.54, 1.807) is 7.11 Å². The van der Waals surface area contributed by atoms with Crippen LogP contribution in [0.5, 0.6) is 0 Å². The Morgan fingerprint density at radius 2 is 2.28 bits per heavy atom. The van der Waals surface area contributed by atoms with Crippen LogP contribution >= 0.6 is 0 Å². The maximum atomic E-state index is 12.2. The molecule has 0 aromatic carbocycles. The van der Waals surface area contributed by atoms with E-state index in [2.05, 4.69) is 23.9 Å². The summed E-state index contributed by atoms with van der Waals surface area (Å²) >= 11 is 0. The van der Waals surface area contributed by atoms with Gasteiger partial charge < -0.3 is 4.74 Å². The Hall–Kier alpha value is -1.23. The molecule has 0 aliphatic heterocycles. The van der Waals surface area contributed by atoms with Gasteiger partial charge in [0, 0.05) is 13.7 Å². The molecule has 5 nitrogen and oxygen atoms in total. The van der Waals surface area contributed by atoms with Crippen LogP contribution in [0.25, 0.3) is 0 Å². The summed E-state index contributed by atoms with van der Waals surface area (Å²) in [5, 5.41) is 4.17. The number of aromatic nitrogens is 3. The monoisotopic (exact) mass is 251 g/mol. The molecule has 1 aliphatic rings. The van der Waals surface area contributed by atoms with E-state index in [0.29, 0.717) is 18.3 Å². The fourth-order valence-electron chi connectivity index (χ4n) is 2.17. The van der Waals surface area contributed by atoms with E-state index in [4.69, 9.17) is 4.74 Å². The molecule has 0 spiro atoms. The molecular formula is C13H21N3O2. The number of hydrogen-bond acceptors (Lipinski definition) is 4. The zero-order valence-corrected chi connectivity index (χ0v) is 11.3. The van der Waals surface area contributed by atoms with E-state index in [0.717, 1.165) is 25.2 Å². The third-order valence-electron chi connectivity index (χ3n) is 3.19. The van der Waals surface area contributed by atoms with Gasteiger partial charge in [0.25, 0.3) is 0 Å². The van der Waals surface area contributed by atoms with E-state index >= 15 is 0 Å². The highest BCUT2D eigenvalue weighted by Crippen LogP contribution is 2.34. The minimum absolute atomic E-state index is 0.123. The van der Waals surface area contributed by atoms with Gasteiger partial charge in [-0.2, -0.15) is 5.10 Å². The van der Waals surface area contributed by atoms with E-state index < -0.39 is 0 Å². The number of ketones is 1. The topological polar surface area (TPSA) is 57.0 Å². The first-order valence-corrected chi connectivity index (χ1v) is 6.54. The highest BCUT2D eigenvalue weighted by molar-refractivity contribution is 5.85. The predicted octanol–water partition coefficient (Wildman–Crippen LogP) is 1.47. The van der Waals surface area contributed by atoms with Crippen LogP contribution < -0.4 is 0 Å². The molecule has 1 fully saturated rings. The van der Waals surface area contributed by atoms with Crippen molar-refractivity contribution in [3.8, 4) is 0 Å². The van der Waals surface area contributed by atoms with E-state index in [9.17, 15) is 4.79 Å². The lowest BCUT2D eigenvalue weighted by Gasteiger charge is -2.13. The molecule has 1 atom stereocenters. The van der Waals surface area contributed by atoms with Crippen molar-refractivity contribution in [2.75, 3.05) is 7.11 Å². The molecule has 1 unspecified atom stereocenters. The molecule has 5 heteroatoms. The van der Waals surface area contributed by atoms with Crippen LogP contribution in [0.4, 0.5) is 0 Å². The van der Waals surface area contributed by atoms with E-state index in [1.807, 2.05) is 4.68 Å². The largest absolute Gasteiger partial charge is 0.373 e. The highest BCUT2D eigenvalue weighted by Gasteiger charge is 2.36. The standard InChI is InChI=1S/C13H21N3O2/c1-9(2)7-16-12(14-8-15-16)6-11(17)13(18-3)10-4-5-10/h8-10,13H,4-7H2,1-3H3. The van der Waals surface area contributed by atoms with Crippen molar-refractivity contribution < 1.29 is 9.53 Å². The molecule has 1 aliphatic carbocycles. The lowest BCUT2D eigenvalue weighted by Crippen LogP contribution is -2.28. The van der Waals surface area contributed by atoms with Crippen LogP contribution in [-0.2, 0) is 22.5 Å². The lowest BCUT2D eigenvalue weighted by molar-refractivity contribution is -0.129. The summed E-state index contributed by atoms with van der Waals surface area (Å²) in [7, 11) is 1.61. The highest BCUT2D eigenvalue weighted by atomic mass is 16.5. The van der Waals surface area contributed by atoms with Gasteiger partial charge in [0.1, 0.15) is 18.3 Å². The molecule has 1 aromatic heterocycles. The van der Waals surface area contributed by atoms with Crippen molar-refractivity contribution in [1.82, 2.24) is 14.8 Å². The second-order valence-electron chi connectivity index (χ2n) is 5.39. The molecule has 18 heavy (non-hydrogen) atoms. The fourth-order valence-corrected chi connectivity index (χ4v) is 2.17. The summed E-state index contributed by atoms with van der Waals surface area (Å²) in [6, 6.07) is 0. The van der Waals surface area contributed by atoms with Crippen LogP contribution in [0.15, 0.2) is 6.33 Å². The average Bonchev–Trinajstić information content (AvgIpc) is 3.04. The molecule has 0 N–H and O–H groups in total. The number of rotatable bonds is 7. The smallest absolute Gasteiger partial charge is 0.169 e. The lowest BCUT2D eigenvalue weighted by atomic mass is 10.1. The Balaban J connectivity index is 1.99. The second kappa shape index (κ2) is 5.61. The van der Waals surface area contributed by atoms with Gasteiger partial charge in [-0.05, 0) is 24.7 Å². The Labute approximate surface area is 108 Å². The Morgan fingerprint density at radius 3 is 2.83 bits per heavy atom. The van der Waals surface area contributed by atoms with Crippen molar-refractivity contribution in [2.24, 2.45) is 11.8 Å². The quantitative estimate of drug-likeness (QED) is 0.736. The number of hydrogen-bond donors (Lipinski definition) is 0. The van der Waals surface area contributed by atoms with Crippen molar-refractivity contribution in [3.63, 3.8) is 0 Å². The first-order valence-electron chi connectivity index (χ1n) is 6.54. The number of Topliss-reactive ketones (excluding diaryl/α,β-unsaturated/α-hetero) is 1. The SMILES string of the molecule is COC(C(=O)Cc1ncnn1CC(C)C)C1CC1. The van der Waals surface area contributed by atoms with Crippen LogP contribution in [0.1, 0.15) is 32.5 Å². The fraction of sp³-hybridized carbons (Fsp3) is 0.769. The van der Waals surface area contributed by atoms with Crippen molar-refractivity contribution in [2.45, 2.75) is 45.8 Å². The zero-order chi connectivity index (χ0) is 13.1. The molecule has 1 heterocycles. The van der Waals surface area contributed by atoms with Gasteiger partial charge in [-0.15, -0.1) is 0 Å². The number of ether oxygens (including phenoxy) is 1. The maximum Gasteiger partial charge on any atom is 0.169 e. The molecule has 2 rings (SSSR count). The summed E-state index contributed by atoms with van der Waals surface area (Å²) in [5.41, 5.74) is 0. The van der Waals surface area contributed by atoms with Crippen LogP contribution in [0.2, 0.25) is 0 Å². The molecule has 1 saturated carbocycles. The number of carbonyl (C=O) groups is 1. The molecule has 100 valence electrons. The molecule has 0 bridgehead atoms. The third kappa shape index (κ3) is 3.16. The van der Waals surface area contributed by atoms with Gasteiger partial charge in [0.05, 0.1) is 6.42 Å². The summed E-state index contributed by atoms with van der Waals surface area (Å²) in [6.45, 7) is 5.04. The van der Waals surface area contributed by atoms with E-state index in [-0.39, 0.29) is 11.9 Å². The minimum atomic E-state index is -0.255. The maximum absolute atomic E-state index is 12.2. The number of nitrogens with zero attached hydrogens (tertiary/aromatic N) is 3. The average molecular weight is 251 g/mol. The number of carbonyl (C=O) groups excluding carboxylic acids is 1. The van der Waals surface area contributed by atoms with Gasteiger partial charge >= 0.3 is 0 Å². The van der Waals surface area contributed by atoms with Crippen LogP contribution in [0.3, 0.4) is 0 Å². The molecule has 1 aromatic rings. The summed E-state index contributed by atoms with van der Waals surface area (Å²) < 4.78 is 7.12. The predicted molar refractivity (Wildman–Crippen MR) is 67.1 cm³/mol. The van der Waals surface area contributed by atoms with Crippen molar-refractivity contribution in [1.29, 1.82) is 0 Å². The first-order chi connectivity index (χ1) is 8.61. The molecule has 0 radical (unpaired) electrons. The van der Waals surface area contributed by atoms with E-state index in [1.165, 1.54) is 6.33 Å². The summed E-state index contributed by atoms with van der Waals surface area (Å²) in [4.78, 5) is 16.3. The van der Waals surface area contributed by atoms with Crippen LogP contribution in [-0.4, -0.2) is 33.8 Å². The van der Waals surface area contributed by atoms with Gasteiger partial charge in [0.15, 0.2) is 5.78 Å². The summed E-state index contributed by atoms with van der Waals surface area (Å²) in [6.07, 6.45) is 3.78. The normalized spacial score (nSPS) is 17.1. The minimum Gasteiger partial charge on any atom is -0.373 e. The Kier molecular flexibility index (Phi) is 4.11. The van der Waals surface area contributed by atoms with Crippen LogP contribution in [0, 0.1) is 11.8 Å². The van der Waals surface area contributed by atoms with Gasteiger partial charge in [-0.25, -0.2) is 9.67 Å². The first kappa shape index (κ1) is 13.2. The summed E-state index contributed by atoms with van der Waals surface area (Å²) in [5.74, 6) is 1.78. The molecule has 0 saturated heterocycles. The Bertz CT molecular complexity index is 410. The van der Waals surface area contributed by atoms with Crippen molar-refractivity contribution >= 4 is 5.78 Å².